The van der Waals surface area contributed by atoms with Crippen LogP contribution >= 0.6 is 0 Å². The first-order chi connectivity index (χ1) is 39.7. The molecule has 13 N–H and O–H groups in total. The summed E-state index contributed by atoms with van der Waals surface area (Å²) in [6.45, 7) is -3.80. The molecule has 84 heavy (non-hydrogen) atoms. The highest BCUT2D eigenvalue weighted by molar-refractivity contribution is 5.98. The summed E-state index contributed by atoms with van der Waals surface area (Å²) in [5.74, 6) is -17.1. The van der Waals surface area contributed by atoms with Crippen molar-refractivity contribution in [3.05, 3.63) is 152 Å². The third-order valence-electron chi connectivity index (χ3n) is 13.3. The van der Waals surface area contributed by atoms with Gasteiger partial charge in [-0.05, 0) is 72.6 Å². The van der Waals surface area contributed by atoms with Crippen LogP contribution < -0.4 is 21.3 Å². The van der Waals surface area contributed by atoms with Crippen LogP contribution in [0.1, 0.15) is 35.1 Å². The molecule has 0 spiro atoms. The molecule has 0 saturated heterocycles. The Bertz CT molecular complexity index is 2700. The minimum Gasteiger partial charge on any atom is -0.480 e. The van der Waals surface area contributed by atoms with Gasteiger partial charge in [0.2, 0.25) is 12.1 Å². The molecule has 0 aliphatic carbocycles. The Morgan fingerprint density at radius 2 is 0.726 bits per heavy atom. The first kappa shape index (κ1) is 67.2. The summed E-state index contributed by atoms with van der Waals surface area (Å²) in [4.78, 5) is 136. The van der Waals surface area contributed by atoms with Gasteiger partial charge in [-0.2, -0.15) is 0 Å². The maximum Gasteiger partial charge on any atom is 0.336 e. The number of nitro groups is 2. The minimum absolute atomic E-state index is 0.00297. The van der Waals surface area contributed by atoms with Crippen LogP contribution in [0, 0.1) is 32.1 Å². The van der Waals surface area contributed by atoms with Crippen molar-refractivity contribution in [2.75, 3.05) is 39.3 Å². The van der Waals surface area contributed by atoms with Crippen LogP contribution in [-0.4, -0.2) is 201 Å². The van der Waals surface area contributed by atoms with E-state index in [1.54, 1.807) is 60.7 Å². The number of nitrogens with zero attached hydrogens (tertiary/aromatic N) is 4. The third kappa shape index (κ3) is 22.5. The van der Waals surface area contributed by atoms with E-state index in [0.29, 0.717) is 22.3 Å². The molecule has 0 fully saturated rings. The zero-order valence-electron chi connectivity index (χ0n) is 44.7. The average molecular weight is 1180 g/mol. The van der Waals surface area contributed by atoms with E-state index in [0.717, 1.165) is 34.1 Å². The van der Waals surface area contributed by atoms with Gasteiger partial charge in [-0.15, -0.1) is 0 Å². The van der Waals surface area contributed by atoms with Crippen molar-refractivity contribution in [2.24, 2.45) is 11.8 Å². The summed E-state index contributed by atoms with van der Waals surface area (Å²) in [6, 6.07) is 16.3. The fourth-order valence-corrected chi connectivity index (χ4v) is 9.55. The second-order valence-corrected chi connectivity index (χ2v) is 19.7. The van der Waals surface area contributed by atoms with E-state index in [4.69, 9.17) is 0 Å². The smallest absolute Gasteiger partial charge is 0.336 e. The third-order valence-corrected chi connectivity index (χ3v) is 13.3. The molecule has 4 aromatic carbocycles. The summed E-state index contributed by atoms with van der Waals surface area (Å²) in [7, 11) is 0. The molecule has 0 saturated carbocycles. The van der Waals surface area contributed by atoms with Crippen molar-refractivity contribution >= 4 is 65.1 Å². The molecule has 4 rings (SSSR count). The van der Waals surface area contributed by atoms with E-state index in [1.807, 2.05) is 0 Å². The Morgan fingerprint density at radius 3 is 0.988 bits per heavy atom. The fraction of sp³-hybridized carbons (Fsp3) is 0.389. The summed E-state index contributed by atoms with van der Waals surface area (Å²) >= 11 is 0. The highest BCUT2D eigenvalue weighted by Gasteiger charge is 2.39. The van der Waals surface area contributed by atoms with Crippen molar-refractivity contribution < 1.29 is 99.0 Å². The summed E-state index contributed by atoms with van der Waals surface area (Å²) < 4.78 is 0. The quantitative estimate of drug-likeness (QED) is 0.0128. The van der Waals surface area contributed by atoms with Gasteiger partial charge in [0.25, 0.3) is 11.4 Å². The minimum atomic E-state index is -2.24. The van der Waals surface area contributed by atoms with E-state index in [2.05, 4.69) is 21.3 Å². The van der Waals surface area contributed by atoms with Crippen molar-refractivity contribution in [2.45, 2.75) is 80.9 Å². The van der Waals surface area contributed by atoms with Crippen LogP contribution in [0.2, 0.25) is 0 Å². The lowest BCUT2D eigenvalue weighted by Gasteiger charge is -2.39. The lowest BCUT2D eigenvalue weighted by Crippen LogP contribution is -2.59. The summed E-state index contributed by atoms with van der Waals surface area (Å²) in [5, 5.41) is 125. The van der Waals surface area contributed by atoms with Gasteiger partial charge < -0.3 is 56.6 Å². The SMILES string of the molecule is O=C(O)CN(CC(CNC(CC(Cc1ccc([N+](=O)[O-])cc1)NC(C(=O)O)C(=O)O)C(=O)O)Cc1ccccc1)C(C(=O)O)N(CC(=O)O)CC(CNC(CC(Cc1ccc([N+](=O)[O-])cc1)NC(C(=O)O)C(=O)O)C(=O)O)Cc1ccccc1. The molecule has 0 aromatic heterocycles. The summed E-state index contributed by atoms with van der Waals surface area (Å²) in [5.41, 5.74) is 1.23. The van der Waals surface area contributed by atoms with Gasteiger partial charge in [0.15, 0.2) is 6.17 Å². The van der Waals surface area contributed by atoms with Gasteiger partial charge in [0, 0.05) is 62.5 Å². The van der Waals surface area contributed by atoms with Crippen molar-refractivity contribution in [3.63, 3.8) is 0 Å². The first-order valence-corrected chi connectivity index (χ1v) is 25.8. The number of carboxylic acid groups (broad SMARTS) is 9. The van der Waals surface area contributed by atoms with Crippen LogP contribution in [0.25, 0.3) is 0 Å². The van der Waals surface area contributed by atoms with E-state index in [-0.39, 0.29) is 50.1 Å². The molecule has 0 bridgehead atoms. The van der Waals surface area contributed by atoms with Crippen LogP contribution in [0.15, 0.2) is 109 Å². The van der Waals surface area contributed by atoms with Gasteiger partial charge in [0.05, 0.1) is 22.9 Å². The molecule has 30 heteroatoms. The standard InChI is InChI=1S/C54H64N8O22/c63-43(64)29-59(27-35(19-31-7-3-1-4-8-31)25-55-41(48(67)68)23-37(57-45(50(71)72)51(73)74)21-33-11-15-39(16-12-33)61(81)82)47(54(79)80)60(30-44(65)66)28-36(20-32-9-5-2-6-10-32)26-56-42(49(69)70)24-38(58-46(52(75)76)53(77)78)22-34-13-17-40(18-14-34)62(83)84/h1-18,35-38,41-42,45-47,55-58H,19-30H2,(H,63,64)(H,65,66)(H,67,68)(H,69,70)(H,71,72)(H,73,74)(H,75,76)(H,77,78)(H,79,80). The fourth-order valence-electron chi connectivity index (χ4n) is 9.55. The number of carboxylic acids is 9. The number of benzene rings is 4. The van der Waals surface area contributed by atoms with Crippen molar-refractivity contribution in [3.8, 4) is 0 Å². The number of non-ortho nitro benzene ring substituents is 2. The Morgan fingerprint density at radius 1 is 0.417 bits per heavy atom. The number of rotatable bonds is 41. The molecule has 452 valence electrons. The molecule has 6 unspecified atom stereocenters. The van der Waals surface area contributed by atoms with Gasteiger partial charge in [-0.1, -0.05) is 84.9 Å². The molecule has 0 amide bonds. The molecule has 6 atom stereocenters. The molecule has 4 aromatic rings. The van der Waals surface area contributed by atoms with Crippen LogP contribution in [-0.2, 0) is 68.8 Å². The molecular weight excluding hydrogens is 1110 g/mol. The number of nitrogens with one attached hydrogen (secondary N) is 4. The molecule has 0 heterocycles. The van der Waals surface area contributed by atoms with Crippen LogP contribution in [0.5, 0.6) is 0 Å². The van der Waals surface area contributed by atoms with Crippen molar-refractivity contribution in [1.29, 1.82) is 0 Å². The van der Waals surface area contributed by atoms with Gasteiger partial charge in [-0.25, -0.2) is 24.0 Å². The number of aliphatic carboxylic acids is 9. The first-order valence-electron chi connectivity index (χ1n) is 25.8. The maximum absolute atomic E-state index is 13.6. The molecule has 0 aliphatic heterocycles. The molecule has 0 aliphatic rings. The van der Waals surface area contributed by atoms with Crippen molar-refractivity contribution in [1.82, 2.24) is 31.1 Å². The van der Waals surface area contributed by atoms with E-state index in [1.165, 1.54) is 24.3 Å². The monoisotopic (exact) mass is 1180 g/mol. The van der Waals surface area contributed by atoms with E-state index >= 15 is 0 Å². The summed E-state index contributed by atoms with van der Waals surface area (Å²) in [6.07, 6.45) is -3.60. The van der Waals surface area contributed by atoms with Gasteiger partial charge in [0.1, 0.15) is 12.1 Å². The Labute approximate surface area is 477 Å². The largest absolute Gasteiger partial charge is 0.480 e. The Hall–Kier alpha value is -9.33. The zero-order valence-corrected chi connectivity index (χ0v) is 44.7. The normalized spacial score (nSPS) is 14.0. The maximum atomic E-state index is 13.6. The number of nitro benzene ring substituents is 2. The van der Waals surface area contributed by atoms with E-state index < -0.39 is 157 Å². The highest BCUT2D eigenvalue weighted by atomic mass is 16.6. The average Bonchev–Trinajstić information content (AvgIpc) is 3.63. The lowest BCUT2D eigenvalue weighted by atomic mass is 9.95. The number of hydrogen-bond acceptors (Lipinski definition) is 19. The molecular formula is C54H64N8O22. The Kier molecular flexibility index (Phi) is 26.3. The molecule has 0 radical (unpaired) electrons. The van der Waals surface area contributed by atoms with E-state index in [9.17, 15) is 109 Å². The zero-order chi connectivity index (χ0) is 62.2. The second kappa shape index (κ2) is 32.9. The predicted molar refractivity (Wildman–Crippen MR) is 291 cm³/mol. The molecule has 30 nitrogen and oxygen atoms in total. The van der Waals surface area contributed by atoms with Crippen LogP contribution in [0.3, 0.4) is 0 Å². The predicted octanol–water partition coefficient (Wildman–Crippen LogP) is 1.05. The second-order valence-electron chi connectivity index (χ2n) is 19.7. The van der Waals surface area contributed by atoms with Crippen LogP contribution in [0.4, 0.5) is 11.4 Å². The highest BCUT2D eigenvalue weighted by Crippen LogP contribution is 2.22. The Balaban J connectivity index is 1.73. The van der Waals surface area contributed by atoms with Gasteiger partial charge in [-0.3, -0.25) is 59.8 Å². The lowest BCUT2D eigenvalue weighted by molar-refractivity contribution is -0.385. The number of carbonyl (C=O) groups is 9. The number of hydrogen-bond donors (Lipinski definition) is 13. The topological polar surface area (TPSA) is 477 Å². The van der Waals surface area contributed by atoms with Gasteiger partial charge >= 0.3 is 53.7 Å².